The highest BCUT2D eigenvalue weighted by Crippen LogP contribution is 2.09. The number of carboxylic acids is 3. The van der Waals surface area contributed by atoms with Crippen LogP contribution < -0.4 is 21.7 Å². The molecule has 0 aliphatic rings. The molecule has 0 aliphatic carbocycles. The highest BCUT2D eigenvalue weighted by Gasteiger charge is 2.31. The van der Waals surface area contributed by atoms with Crippen LogP contribution >= 0.6 is 0 Å². The molecule has 8 N–H and O–H groups in total. The maximum absolute atomic E-state index is 13.0. The van der Waals surface area contributed by atoms with Crippen LogP contribution in [0.25, 0.3) is 0 Å². The van der Waals surface area contributed by atoms with Gasteiger partial charge in [-0.2, -0.15) is 0 Å². The zero-order valence-corrected chi connectivity index (χ0v) is 21.4. The van der Waals surface area contributed by atoms with E-state index in [1.54, 1.807) is 44.2 Å². The summed E-state index contributed by atoms with van der Waals surface area (Å²) in [5.41, 5.74) is 6.37. The summed E-state index contributed by atoms with van der Waals surface area (Å²) >= 11 is 0. The van der Waals surface area contributed by atoms with Gasteiger partial charge in [0.1, 0.15) is 18.1 Å². The molecule has 0 spiro atoms. The van der Waals surface area contributed by atoms with E-state index in [1.807, 2.05) is 0 Å². The number of benzene rings is 1. The molecule has 3 amide bonds. The Morgan fingerprint density at radius 3 is 1.76 bits per heavy atom. The minimum absolute atomic E-state index is 0.00971. The molecule has 0 radical (unpaired) electrons. The molecule has 210 valence electrons. The van der Waals surface area contributed by atoms with Crippen molar-refractivity contribution in [1.29, 1.82) is 0 Å². The lowest BCUT2D eigenvalue weighted by molar-refractivity contribution is -0.142. The zero-order valence-electron chi connectivity index (χ0n) is 21.4. The number of nitrogens with two attached hydrogens (primary N) is 1. The second kappa shape index (κ2) is 16.0. The van der Waals surface area contributed by atoms with E-state index in [9.17, 15) is 33.9 Å². The molecule has 1 aromatic carbocycles. The summed E-state index contributed by atoms with van der Waals surface area (Å²) in [6, 6.07) is 3.58. The molecule has 0 heterocycles. The van der Waals surface area contributed by atoms with Crippen LogP contribution in [0.2, 0.25) is 0 Å². The van der Waals surface area contributed by atoms with Crippen LogP contribution in [-0.2, 0) is 35.2 Å². The normalized spacial score (nSPS) is 14.0. The number of hydrogen-bond acceptors (Lipinski definition) is 7. The number of carbonyl (C=O) groups is 6. The molecule has 1 rings (SSSR count). The van der Waals surface area contributed by atoms with Crippen LogP contribution in [0.4, 0.5) is 0 Å². The topological polar surface area (TPSA) is 225 Å². The molecule has 0 bridgehead atoms. The van der Waals surface area contributed by atoms with E-state index in [0.29, 0.717) is 5.56 Å². The van der Waals surface area contributed by atoms with E-state index in [0.717, 1.165) is 0 Å². The third-order valence-corrected chi connectivity index (χ3v) is 5.52. The molecule has 0 saturated carbocycles. The molecule has 0 unspecified atom stereocenters. The average Bonchev–Trinajstić information content (AvgIpc) is 2.83. The third-order valence-electron chi connectivity index (χ3n) is 5.52. The molecule has 0 fully saturated rings. The molecule has 4 atom stereocenters. The summed E-state index contributed by atoms with van der Waals surface area (Å²) in [7, 11) is 0. The van der Waals surface area contributed by atoms with Crippen molar-refractivity contribution in [2.24, 2.45) is 11.7 Å². The lowest BCUT2D eigenvalue weighted by Gasteiger charge is -2.26. The van der Waals surface area contributed by atoms with Crippen molar-refractivity contribution < 1.29 is 44.1 Å². The Bertz CT molecular complexity index is 984. The van der Waals surface area contributed by atoms with Gasteiger partial charge in [0.15, 0.2) is 0 Å². The number of nitrogens with one attached hydrogen (secondary N) is 3. The fourth-order valence-corrected chi connectivity index (χ4v) is 3.52. The molecule has 1 aromatic rings. The maximum atomic E-state index is 13.0. The predicted molar refractivity (Wildman–Crippen MR) is 135 cm³/mol. The van der Waals surface area contributed by atoms with E-state index in [2.05, 4.69) is 16.0 Å². The molecule has 0 aliphatic heterocycles. The summed E-state index contributed by atoms with van der Waals surface area (Å²) in [5, 5.41) is 34.7. The van der Waals surface area contributed by atoms with Gasteiger partial charge in [-0.05, 0) is 30.7 Å². The molecule has 13 nitrogen and oxygen atoms in total. The SMILES string of the molecule is CC(C)C[C@H](NC(=O)[C@H](CCC(=O)O)NC(=O)[C@@H](N)CCC(=O)O)C(=O)N[C@@H](Cc1ccccc1)C(=O)O. The molecule has 0 saturated heterocycles. The summed E-state index contributed by atoms with van der Waals surface area (Å²) < 4.78 is 0. The number of hydrogen-bond donors (Lipinski definition) is 7. The maximum Gasteiger partial charge on any atom is 0.326 e. The summed E-state index contributed by atoms with van der Waals surface area (Å²) in [6.45, 7) is 3.58. The molecule has 38 heavy (non-hydrogen) atoms. The smallest absolute Gasteiger partial charge is 0.326 e. The van der Waals surface area contributed by atoms with Gasteiger partial charge in [0, 0.05) is 19.3 Å². The van der Waals surface area contributed by atoms with Crippen molar-refractivity contribution in [3.05, 3.63) is 35.9 Å². The Balaban J connectivity index is 3.01. The van der Waals surface area contributed by atoms with Gasteiger partial charge in [-0.3, -0.25) is 24.0 Å². The molecule has 13 heteroatoms. The predicted octanol–water partition coefficient (Wildman–Crippen LogP) is -0.129. The van der Waals surface area contributed by atoms with Crippen LogP contribution in [0, 0.1) is 5.92 Å². The lowest BCUT2D eigenvalue weighted by atomic mass is 10.0. The van der Waals surface area contributed by atoms with E-state index in [1.165, 1.54) is 0 Å². The van der Waals surface area contributed by atoms with Crippen LogP contribution in [0.5, 0.6) is 0 Å². The van der Waals surface area contributed by atoms with Gasteiger partial charge in [0.05, 0.1) is 6.04 Å². The minimum atomic E-state index is -1.38. The van der Waals surface area contributed by atoms with Gasteiger partial charge in [-0.25, -0.2) is 4.79 Å². The van der Waals surface area contributed by atoms with Gasteiger partial charge in [0.2, 0.25) is 17.7 Å². The molecular weight excluding hydrogens is 500 g/mol. The van der Waals surface area contributed by atoms with Gasteiger partial charge in [-0.1, -0.05) is 44.2 Å². The Hall–Kier alpha value is -4.00. The quantitative estimate of drug-likeness (QED) is 0.140. The fourth-order valence-electron chi connectivity index (χ4n) is 3.52. The van der Waals surface area contributed by atoms with E-state index < -0.39 is 66.2 Å². The van der Waals surface area contributed by atoms with Crippen LogP contribution in [0.15, 0.2) is 30.3 Å². The van der Waals surface area contributed by atoms with Crippen molar-refractivity contribution in [3.63, 3.8) is 0 Å². The zero-order chi connectivity index (χ0) is 28.8. The first-order valence-electron chi connectivity index (χ1n) is 12.2. The van der Waals surface area contributed by atoms with Crippen molar-refractivity contribution in [2.45, 2.75) is 76.5 Å². The Morgan fingerprint density at radius 2 is 1.24 bits per heavy atom. The van der Waals surface area contributed by atoms with Crippen LogP contribution in [0.1, 0.15) is 51.5 Å². The Morgan fingerprint density at radius 1 is 0.737 bits per heavy atom. The fraction of sp³-hybridized carbons (Fsp3) is 0.520. The molecular formula is C25H36N4O9. The van der Waals surface area contributed by atoms with Crippen molar-refractivity contribution in [1.82, 2.24) is 16.0 Å². The number of carboxylic acid groups (broad SMARTS) is 3. The number of rotatable bonds is 17. The van der Waals surface area contributed by atoms with E-state index in [4.69, 9.17) is 15.9 Å². The second-order valence-electron chi connectivity index (χ2n) is 9.31. The Kier molecular flexibility index (Phi) is 13.5. The summed E-state index contributed by atoms with van der Waals surface area (Å²) in [6.07, 6.45) is -1.25. The Labute approximate surface area is 220 Å². The van der Waals surface area contributed by atoms with E-state index in [-0.39, 0.29) is 38.0 Å². The van der Waals surface area contributed by atoms with E-state index >= 15 is 0 Å². The van der Waals surface area contributed by atoms with Gasteiger partial charge in [0.25, 0.3) is 0 Å². The largest absolute Gasteiger partial charge is 0.481 e. The first-order chi connectivity index (χ1) is 17.8. The minimum Gasteiger partial charge on any atom is -0.481 e. The van der Waals surface area contributed by atoms with Gasteiger partial charge in [-0.15, -0.1) is 0 Å². The monoisotopic (exact) mass is 536 g/mol. The van der Waals surface area contributed by atoms with Gasteiger partial charge >= 0.3 is 17.9 Å². The molecule has 0 aromatic heterocycles. The van der Waals surface area contributed by atoms with Crippen LogP contribution in [-0.4, -0.2) is 75.1 Å². The van der Waals surface area contributed by atoms with Gasteiger partial charge < -0.3 is 37.0 Å². The summed E-state index contributed by atoms with van der Waals surface area (Å²) in [4.78, 5) is 72.1. The highest BCUT2D eigenvalue weighted by molar-refractivity contribution is 5.94. The van der Waals surface area contributed by atoms with Crippen molar-refractivity contribution in [3.8, 4) is 0 Å². The third kappa shape index (κ3) is 12.3. The standard InChI is InChI=1S/C25H36N4O9/c1-14(2)12-18(24(36)29-19(25(37)38)13-15-6-4-3-5-7-15)28-23(35)17(9-11-21(32)33)27-22(34)16(26)8-10-20(30)31/h3-7,14,16-19H,8-13,26H2,1-2H3,(H,27,34)(H,28,35)(H,29,36)(H,30,31)(H,32,33)(H,37,38)/t16-,17-,18-,19-/m0/s1. The number of amides is 3. The second-order valence-corrected chi connectivity index (χ2v) is 9.31. The summed E-state index contributed by atoms with van der Waals surface area (Å²) in [5.74, 6) is -6.22. The van der Waals surface area contributed by atoms with Crippen molar-refractivity contribution in [2.75, 3.05) is 0 Å². The van der Waals surface area contributed by atoms with Crippen molar-refractivity contribution >= 4 is 35.6 Å². The highest BCUT2D eigenvalue weighted by atomic mass is 16.4. The number of carbonyl (C=O) groups excluding carboxylic acids is 3. The first kappa shape index (κ1) is 32.0. The first-order valence-corrected chi connectivity index (χ1v) is 12.2. The lowest BCUT2D eigenvalue weighted by Crippen LogP contribution is -2.57. The van der Waals surface area contributed by atoms with Crippen LogP contribution in [0.3, 0.4) is 0 Å². The average molecular weight is 537 g/mol. The number of aliphatic carboxylic acids is 3.